The minimum atomic E-state index is -3.42. The van der Waals surface area contributed by atoms with E-state index in [0.29, 0.717) is 37.0 Å². The van der Waals surface area contributed by atoms with Crippen LogP contribution in [0.15, 0.2) is 47.4 Å². The van der Waals surface area contributed by atoms with Crippen LogP contribution in [0.4, 0.5) is 5.69 Å². The molecule has 2 aromatic carbocycles. The minimum absolute atomic E-state index is 0.391. The zero-order chi connectivity index (χ0) is 18.9. The number of anilines is 1. The Hall–Kier alpha value is -1.85. The molecule has 5 heteroatoms. The van der Waals surface area contributed by atoms with Crippen molar-refractivity contribution < 1.29 is 8.42 Å². The number of sulfonamides is 1. The summed E-state index contributed by atoms with van der Waals surface area (Å²) in [4.78, 5) is 2.68. The van der Waals surface area contributed by atoms with E-state index in [0.717, 1.165) is 5.56 Å². The van der Waals surface area contributed by atoms with Crippen molar-refractivity contribution in [3.05, 3.63) is 59.2 Å². The van der Waals surface area contributed by atoms with E-state index in [1.807, 2.05) is 12.1 Å². The van der Waals surface area contributed by atoms with Gasteiger partial charge in [0.25, 0.3) is 0 Å². The standard InChI is InChI=1S/C21H28N2O2S/c1-16(2)19-8-10-20(11-9-19)26(24,25)23-14-12-22(13-15-23)21-7-5-6-17(3)18(21)4/h5-11,16H,12-15H2,1-4H3. The summed E-state index contributed by atoms with van der Waals surface area (Å²) in [5.74, 6) is 0.396. The molecule has 0 N–H and O–H groups in total. The lowest BCUT2D eigenvalue weighted by atomic mass is 10.0. The van der Waals surface area contributed by atoms with Crippen molar-refractivity contribution in [1.82, 2.24) is 4.31 Å². The maximum atomic E-state index is 12.9. The Labute approximate surface area is 157 Å². The fourth-order valence-electron chi connectivity index (χ4n) is 3.42. The van der Waals surface area contributed by atoms with Gasteiger partial charge in [0.1, 0.15) is 0 Å². The monoisotopic (exact) mass is 372 g/mol. The second-order valence-corrected chi connectivity index (χ2v) is 9.27. The van der Waals surface area contributed by atoms with Gasteiger partial charge in [-0.05, 0) is 54.7 Å². The highest BCUT2D eigenvalue weighted by molar-refractivity contribution is 7.89. The van der Waals surface area contributed by atoms with Crippen LogP contribution in [0.5, 0.6) is 0 Å². The first-order valence-corrected chi connectivity index (χ1v) is 10.7. The highest BCUT2D eigenvalue weighted by Gasteiger charge is 2.29. The van der Waals surface area contributed by atoms with E-state index < -0.39 is 10.0 Å². The Bertz CT molecular complexity index is 865. The van der Waals surface area contributed by atoms with Crippen LogP contribution in [-0.2, 0) is 10.0 Å². The highest BCUT2D eigenvalue weighted by Crippen LogP contribution is 2.26. The molecule has 1 aliphatic heterocycles. The van der Waals surface area contributed by atoms with E-state index in [1.165, 1.54) is 16.8 Å². The predicted molar refractivity (Wildman–Crippen MR) is 107 cm³/mol. The van der Waals surface area contributed by atoms with Crippen molar-refractivity contribution in [1.29, 1.82) is 0 Å². The molecule has 0 aliphatic carbocycles. The van der Waals surface area contributed by atoms with Gasteiger partial charge >= 0.3 is 0 Å². The van der Waals surface area contributed by atoms with Crippen LogP contribution < -0.4 is 4.90 Å². The molecule has 2 aromatic rings. The van der Waals surface area contributed by atoms with E-state index >= 15 is 0 Å². The van der Waals surface area contributed by atoms with E-state index in [1.54, 1.807) is 16.4 Å². The third-order valence-corrected chi connectivity index (χ3v) is 7.25. The van der Waals surface area contributed by atoms with Crippen molar-refractivity contribution in [3.63, 3.8) is 0 Å². The predicted octanol–water partition coefficient (Wildman–Crippen LogP) is 3.94. The third-order valence-electron chi connectivity index (χ3n) is 5.34. The molecule has 1 fully saturated rings. The molecule has 1 saturated heterocycles. The average molecular weight is 373 g/mol. The molecule has 0 amide bonds. The van der Waals surface area contributed by atoms with Gasteiger partial charge in [0, 0.05) is 31.9 Å². The molecule has 26 heavy (non-hydrogen) atoms. The number of rotatable bonds is 4. The number of nitrogens with zero attached hydrogens (tertiary/aromatic N) is 2. The molecule has 3 rings (SSSR count). The first-order chi connectivity index (χ1) is 12.3. The molecular weight excluding hydrogens is 344 g/mol. The van der Waals surface area contributed by atoms with Gasteiger partial charge < -0.3 is 4.90 Å². The summed E-state index contributed by atoms with van der Waals surface area (Å²) in [6, 6.07) is 13.6. The largest absolute Gasteiger partial charge is 0.369 e. The fraction of sp³-hybridized carbons (Fsp3) is 0.429. The average Bonchev–Trinajstić information content (AvgIpc) is 2.64. The van der Waals surface area contributed by atoms with E-state index in [4.69, 9.17) is 0 Å². The quantitative estimate of drug-likeness (QED) is 0.816. The van der Waals surface area contributed by atoms with Gasteiger partial charge in [-0.3, -0.25) is 0 Å². The molecule has 0 aromatic heterocycles. The third kappa shape index (κ3) is 3.64. The lowest BCUT2D eigenvalue weighted by Crippen LogP contribution is -2.48. The lowest BCUT2D eigenvalue weighted by Gasteiger charge is -2.36. The zero-order valence-electron chi connectivity index (χ0n) is 16.1. The normalized spacial score (nSPS) is 16.3. The maximum absolute atomic E-state index is 12.9. The van der Waals surface area contributed by atoms with Gasteiger partial charge in [0.05, 0.1) is 4.90 Å². The summed E-state index contributed by atoms with van der Waals surface area (Å²) < 4.78 is 27.5. The van der Waals surface area contributed by atoms with Crippen LogP contribution in [0.25, 0.3) is 0 Å². The van der Waals surface area contributed by atoms with Crippen LogP contribution in [-0.4, -0.2) is 38.9 Å². The van der Waals surface area contributed by atoms with E-state index in [2.05, 4.69) is 50.8 Å². The SMILES string of the molecule is Cc1cccc(N2CCN(S(=O)(=O)c3ccc(C(C)C)cc3)CC2)c1C. The molecule has 0 spiro atoms. The Balaban J connectivity index is 1.73. The first-order valence-electron chi connectivity index (χ1n) is 9.22. The van der Waals surface area contributed by atoms with Gasteiger partial charge in [-0.1, -0.05) is 38.1 Å². The Kier molecular flexibility index (Phi) is 5.39. The lowest BCUT2D eigenvalue weighted by molar-refractivity contribution is 0.384. The fourth-order valence-corrected chi connectivity index (χ4v) is 4.84. The van der Waals surface area contributed by atoms with Gasteiger partial charge in [-0.2, -0.15) is 4.31 Å². The highest BCUT2D eigenvalue weighted by atomic mass is 32.2. The smallest absolute Gasteiger partial charge is 0.243 e. The molecule has 0 radical (unpaired) electrons. The number of hydrogen-bond donors (Lipinski definition) is 0. The van der Waals surface area contributed by atoms with Crippen LogP contribution in [0.1, 0.15) is 36.5 Å². The molecule has 0 atom stereocenters. The Morgan fingerprint density at radius 3 is 2.08 bits per heavy atom. The van der Waals surface area contributed by atoms with Gasteiger partial charge in [-0.15, -0.1) is 0 Å². The van der Waals surface area contributed by atoms with Crippen molar-refractivity contribution >= 4 is 15.7 Å². The van der Waals surface area contributed by atoms with Crippen molar-refractivity contribution in [2.75, 3.05) is 31.1 Å². The number of benzene rings is 2. The van der Waals surface area contributed by atoms with Gasteiger partial charge in [-0.25, -0.2) is 8.42 Å². The Morgan fingerprint density at radius 1 is 0.885 bits per heavy atom. The number of aryl methyl sites for hydroxylation is 1. The van der Waals surface area contributed by atoms with Crippen LogP contribution in [0.2, 0.25) is 0 Å². The van der Waals surface area contributed by atoms with Crippen molar-refractivity contribution in [2.45, 2.75) is 38.5 Å². The maximum Gasteiger partial charge on any atom is 0.243 e. The second kappa shape index (κ2) is 7.41. The molecule has 4 nitrogen and oxygen atoms in total. The summed E-state index contributed by atoms with van der Waals surface area (Å²) in [5, 5.41) is 0. The summed E-state index contributed by atoms with van der Waals surface area (Å²) in [5.41, 5.74) is 4.91. The summed E-state index contributed by atoms with van der Waals surface area (Å²) in [6.07, 6.45) is 0. The molecule has 0 bridgehead atoms. The van der Waals surface area contributed by atoms with Crippen LogP contribution >= 0.6 is 0 Å². The molecule has 0 saturated carbocycles. The second-order valence-electron chi connectivity index (χ2n) is 7.33. The van der Waals surface area contributed by atoms with Gasteiger partial charge in [0.2, 0.25) is 10.0 Å². The minimum Gasteiger partial charge on any atom is -0.369 e. The zero-order valence-corrected chi connectivity index (χ0v) is 16.9. The topological polar surface area (TPSA) is 40.6 Å². The van der Waals surface area contributed by atoms with Crippen LogP contribution in [0, 0.1) is 13.8 Å². The molecule has 140 valence electrons. The van der Waals surface area contributed by atoms with Crippen LogP contribution in [0.3, 0.4) is 0 Å². The van der Waals surface area contributed by atoms with Gasteiger partial charge in [0.15, 0.2) is 0 Å². The van der Waals surface area contributed by atoms with E-state index in [-0.39, 0.29) is 0 Å². The number of hydrogen-bond acceptors (Lipinski definition) is 3. The Morgan fingerprint density at radius 2 is 1.50 bits per heavy atom. The molecule has 0 unspecified atom stereocenters. The molecular formula is C21H28N2O2S. The first kappa shape index (κ1) is 18.9. The summed E-state index contributed by atoms with van der Waals surface area (Å²) in [6.45, 7) is 10.9. The molecule has 1 aliphatic rings. The van der Waals surface area contributed by atoms with Crippen molar-refractivity contribution in [3.8, 4) is 0 Å². The van der Waals surface area contributed by atoms with E-state index in [9.17, 15) is 8.42 Å². The summed E-state index contributed by atoms with van der Waals surface area (Å²) in [7, 11) is -3.42. The molecule has 1 heterocycles. The van der Waals surface area contributed by atoms with Crippen molar-refractivity contribution in [2.24, 2.45) is 0 Å². The summed E-state index contributed by atoms with van der Waals surface area (Å²) >= 11 is 0. The number of piperazine rings is 1.